The number of guanidine groups is 1. The number of rotatable bonds is 4. The van der Waals surface area contributed by atoms with Crippen LogP contribution in [0.2, 0.25) is 0 Å². The lowest BCUT2D eigenvalue weighted by molar-refractivity contribution is -0.129. The van der Waals surface area contributed by atoms with Crippen molar-refractivity contribution in [2.45, 2.75) is 19.1 Å². The van der Waals surface area contributed by atoms with Gasteiger partial charge in [-0.3, -0.25) is 19.7 Å². The normalized spacial score (nSPS) is 18.6. The smallest absolute Gasteiger partial charge is 0.268 e. The van der Waals surface area contributed by atoms with Gasteiger partial charge < -0.3 is 5.73 Å². The molecular formula is C22H19F2N5O. The molecule has 0 aliphatic carbocycles. The molecule has 0 saturated carbocycles. The van der Waals surface area contributed by atoms with E-state index in [1.165, 1.54) is 31.4 Å². The van der Waals surface area contributed by atoms with E-state index in [0.717, 1.165) is 16.2 Å². The summed E-state index contributed by atoms with van der Waals surface area (Å²) in [5, 5.41) is 0. The summed E-state index contributed by atoms with van der Waals surface area (Å²) in [5.74, 6) is -1.29. The zero-order chi connectivity index (χ0) is 21.5. The average Bonchev–Trinajstić information content (AvgIpc) is 2.99. The Hall–Kier alpha value is -3.68. The summed E-state index contributed by atoms with van der Waals surface area (Å²) in [6, 6.07) is 11.0. The molecule has 152 valence electrons. The summed E-state index contributed by atoms with van der Waals surface area (Å²) in [4.78, 5) is 27.3. The highest BCUT2D eigenvalue weighted by Gasteiger charge is 2.52. The number of hydrogen-bond donors (Lipinski definition) is 1. The number of nitrogens with two attached hydrogens (primary N) is 1. The number of aromatic nitrogens is 2. The second-order valence-corrected chi connectivity index (χ2v) is 7.06. The largest absolute Gasteiger partial charge is 0.369 e. The Balaban J connectivity index is 2.01. The zero-order valence-corrected chi connectivity index (χ0v) is 16.4. The van der Waals surface area contributed by atoms with Crippen molar-refractivity contribution in [1.82, 2.24) is 14.9 Å². The van der Waals surface area contributed by atoms with E-state index < -0.39 is 23.9 Å². The van der Waals surface area contributed by atoms with Crippen LogP contribution in [0.15, 0.2) is 59.9 Å². The number of pyridine rings is 2. The standard InChI is InChI=1S/C22H19F2N5O/c1-13-16(4-3-8-26-13)15-5-6-18(24)17(11-15)22(20(30)29(2)21(25)28-22)19-10-14(12-23)7-9-27-19/h3-11H,12H2,1-2H3,(H2,25,28). The fourth-order valence-electron chi connectivity index (χ4n) is 3.64. The van der Waals surface area contributed by atoms with E-state index in [2.05, 4.69) is 15.0 Å². The molecule has 1 amide bonds. The molecule has 1 atom stereocenters. The van der Waals surface area contributed by atoms with Crippen LogP contribution in [0.5, 0.6) is 0 Å². The third-order valence-corrected chi connectivity index (χ3v) is 5.26. The average molecular weight is 407 g/mol. The van der Waals surface area contributed by atoms with Gasteiger partial charge in [-0.15, -0.1) is 0 Å². The van der Waals surface area contributed by atoms with E-state index in [9.17, 15) is 9.18 Å². The van der Waals surface area contributed by atoms with Crippen LogP contribution in [0.1, 0.15) is 22.5 Å². The minimum Gasteiger partial charge on any atom is -0.369 e. The van der Waals surface area contributed by atoms with Crippen LogP contribution in [0.4, 0.5) is 8.78 Å². The summed E-state index contributed by atoms with van der Waals surface area (Å²) in [6.45, 7) is 1.08. The van der Waals surface area contributed by atoms with Gasteiger partial charge in [0.1, 0.15) is 12.5 Å². The first kappa shape index (κ1) is 19.6. The Kier molecular flexibility index (Phi) is 4.77. The summed E-state index contributed by atoms with van der Waals surface area (Å²) in [6.07, 6.45) is 3.04. The lowest BCUT2D eigenvalue weighted by Crippen LogP contribution is -2.42. The summed E-state index contributed by atoms with van der Waals surface area (Å²) >= 11 is 0. The minimum absolute atomic E-state index is 0.0101. The van der Waals surface area contributed by atoms with Crippen molar-refractivity contribution in [2.24, 2.45) is 10.7 Å². The molecule has 0 bridgehead atoms. The first-order valence-electron chi connectivity index (χ1n) is 9.25. The Bertz CT molecular complexity index is 1180. The molecular weight excluding hydrogens is 388 g/mol. The minimum atomic E-state index is -1.85. The van der Waals surface area contributed by atoms with Crippen molar-refractivity contribution in [2.75, 3.05) is 7.05 Å². The van der Waals surface area contributed by atoms with Gasteiger partial charge in [0.15, 0.2) is 5.96 Å². The van der Waals surface area contributed by atoms with Crippen LogP contribution in [0.25, 0.3) is 11.1 Å². The van der Waals surface area contributed by atoms with Crippen LogP contribution in [0.3, 0.4) is 0 Å². The predicted octanol–water partition coefficient (Wildman–Crippen LogP) is 3.09. The first-order valence-corrected chi connectivity index (χ1v) is 9.25. The van der Waals surface area contributed by atoms with Crippen LogP contribution >= 0.6 is 0 Å². The fourth-order valence-corrected chi connectivity index (χ4v) is 3.64. The van der Waals surface area contributed by atoms with Crippen LogP contribution in [-0.2, 0) is 17.0 Å². The molecule has 8 heteroatoms. The van der Waals surface area contributed by atoms with Gasteiger partial charge in [0.05, 0.1) is 5.69 Å². The van der Waals surface area contributed by atoms with Crippen molar-refractivity contribution in [3.8, 4) is 11.1 Å². The van der Waals surface area contributed by atoms with Gasteiger partial charge in [0.2, 0.25) is 5.54 Å². The van der Waals surface area contributed by atoms with E-state index in [4.69, 9.17) is 5.73 Å². The van der Waals surface area contributed by atoms with Gasteiger partial charge >= 0.3 is 0 Å². The second-order valence-electron chi connectivity index (χ2n) is 7.06. The molecule has 1 aromatic carbocycles. The van der Waals surface area contributed by atoms with E-state index in [1.807, 2.05) is 13.0 Å². The quantitative estimate of drug-likeness (QED) is 0.720. The predicted molar refractivity (Wildman–Crippen MR) is 109 cm³/mol. The van der Waals surface area contributed by atoms with Crippen molar-refractivity contribution in [1.29, 1.82) is 0 Å². The number of likely N-dealkylation sites (N-methyl/N-ethyl adjacent to an activating group) is 1. The molecule has 0 spiro atoms. The number of benzene rings is 1. The van der Waals surface area contributed by atoms with Gasteiger partial charge in [0, 0.05) is 36.3 Å². The SMILES string of the molecule is Cc1ncccc1-c1ccc(F)c(C2(c3cc(CF)ccn3)N=C(N)N(C)C2=O)c1. The molecule has 2 N–H and O–H groups in total. The molecule has 30 heavy (non-hydrogen) atoms. The fraction of sp³-hybridized carbons (Fsp3) is 0.182. The topological polar surface area (TPSA) is 84.5 Å². The van der Waals surface area contributed by atoms with Crippen molar-refractivity contribution in [3.63, 3.8) is 0 Å². The number of carbonyl (C=O) groups is 1. The zero-order valence-electron chi connectivity index (χ0n) is 16.4. The maximum absolute atomic E-state index is 15.2. The maximum Gasteiger partial charge on any atom is 0.268 e. The molecule has 0 saturated heterocycles. The van der Waals surface area contributed by atoms with E-state index in [0.29, 0.717) is 11.1 Å². The van der Waals surface area contributed by atoms with Gasteiger partial charge in [-0.1, -0.05) is 12.1 Å². The number of nitrogens with zero attached hydrogens (tertiary/aromatic N) is 4. The van der Waals surface area contributed by atoms with Crippen LogP contribution in [-0.4, -0.2) is 33.8 Å². The Morgan fingerprint density at radius 3 is 2.60 bits per heavy atom. The number of halogens is 2. The highest BCUT2D eigenvalue weighted by Crippen LogP contribution is 2.41. The van der Waals surface area contributed by atoms with E-state index >= 15 is 4.39 Å². The molecule has 3 aromatic rings. The molecule has 0 fully saturated rings. The third-order valence-electron chi connectivity index (χ3n) is 5.26. The first-order chi connectivity index (χ1) is 14.4. The summed E-state index contributed by atoms with van der Waals surface area (Å²) < 4.78 is 28.5. The molecule has 1 aliphatic heterocycles. The van der Waals surface area contributed by atoms with E-state index in [-0.39, 0.29) is 17.2 Å². The van der Waals surface area contributed by atoms with Crippen molar-refractivity contribution >= 4 is 11.9 Å². The number of amides is 1. The van der Waals surface area contributed by atoms with E-state index in [1.54, 1.807) is 24.4 Å². The van der Waals surface area contributed by atoms with Crippen LogP contribution < -0.4 is 5.73 Å². The maximum atomic E-state index is 15.2. The number of aryl methyl sites for hydroxylation is 1. The Labute approximate surface area is 172 Å². The molecule has 1 unspecified atom stereocenters. The Morgan fingerprint density at radius 2 is 1.93 bits per heavy atom. The number of aliphatic imine (C=N–C) groups is 1. The highest BCUT2D eigenvalue weighted by atomic mass is 19.1. The summed E-state index contributed by atoms with van der Waals surface area (Å²) in [7, 11) is 1.45. The van der Waals surface area contributed by atoms with Gasteiger partial charge in [0.25, 0.3) is 5.91 Å². The lowest BCUT2D eigenvalue weighted by atomic mass is 9.83. The molecule has 4 rings (SSSR count). The molecule has 6 nitrogen and oxygen atoms in total. The van der Waals surface area contributed by atoms with Gasteiger partial charge in [-0.25, -0.2) is 13.8 Å². The number of alkyl halides is 1. The Morgan fingerprint density at radius 1 is 1.13 bits per heavy atom. The van der Waals surface area contributed by atoms with Gasteiger partial charge in [-0.05, 0) is 48.4 Å². The van der Waals surface area contributed by atoms with Crippen molar-refractivity contribution in [3.05, 3.63) is 83.2 Å². The molecule has 2 aromatic heterocycles. The number of hydrogen-bond acceptors (Lipinski definition) is 5. The lowest BCUT2D eigenvalue weighted by Gasteiger charge is -2.26. The monoisotopic (exact) mass is 407 g/mol. The second kappa shape index (κ2) is 7.29. The summed E-state index contributed by atoms with van der Waals surface area (Å²) in [5.41, 5.74) is 6.68. The number of carbonyl (C=O) groups excluding carboxylic acids is 1. The molecule has 1 aliphatic rings. The van der Waals surface area contributed by atoms with Gasteiger partial charge in [-0.2, -0.15) is 0 Å². The van der Waals surface area contributed by atoms with Crippen molar-refractivity contribution < 1.29 is 13.6 Å². The third kappa shape index (κ3) is 2.92. The molecule has 0 radical (unpaired) electrons. The molecule has 3 heterocycles. The highest BCUT2D eigenvalue weighted by molar-refractivity contribution is 6.08. The van der Waals surface area contributed by atoms with Crippen LogP contribution in [0, 0.1) is 12.7 Å².